The Morgan fingerprint density at radius 2 is 2.19 bits per heavy atom. The van der Waals surface area contributed by atoms with E-state index >= 15 is 0 Å². The van der Waals surface area contributed by atoms with Gasteiger partial charge in [0.1, 0.15) is 11.3 Å². The Balaban J connectivity index is 1.41. The Morgan fingerprint density at radius 1 is 1.39 bits per heavy atom. The van der Waals surface area contributed by atoms with E-state index in [4.69, 9.17) is 21.8 Å². The highest BCUT2D eigenvalue weighted by Crippen LogP contribution is 2.33. The van der Waals surface area contributed by atoms with Crippen LogP contribution in [0.3, 0.4) is 0 Å². The van der Waals surface area contributed by atoms with Gasteiger partial charge in [-0.1, -0.05) is 37.4 Å². The van der Waals surface area contributed by atoms with Crippen LogP contribution in [0.15, 0.2) is 35.1 Å². The number of rotatable bonds is 7. The van der Waals surface area contributed by atoms with Crippen molar-refractivity contribution in [3.05, 3.63) is 46.4 Å². The third-order valence-electron chi connectivity index (χ3n) is 5.57. The topological polar surface area (TPSA) is 97.3 Å². The number of aromatic nitrogens is 2. The molecular weight excluding hydrogens is 434 g/mol. The summed E-state index contributed by atoms with van der Waals surface area (Å²) in [7, 11) is 0. The molecule has 164 valence electrons. The second-order valence-electron chi connectivity index (χ2n) is 7.85. The summed E-state index contributed by atoms with van der Waals surface area (Å²) in [6.45, 7) is 5.43. The van der Waals surface area contributed by atoms with Gasteiger partial charge in [-0.15, -0.1) is 11.3 Å². The lowest BCUT2D eigenvalue weighted by Gasteiger charge is -2.31. The number of carbonyl (C=O) groups is 1. The third-order valence-corrected chi connectivity index (χ3v) is 6.93. The van der Waals surface area contributed by atoms with Crippen LogP contribution in [0.4, 0.5) is 11.7 Å². The SMILES string of the molecule is CCCC1CCN(Cc2ncc(-c3ccc(Cl)c(NC(=O)c4coc(N)n4)c3)s2)CC1. The van der Waals surface area contributed by atoms with Gasteiger partial charge in [-0.2, -0.15) is 4.98 Å². The van der Waals surface area contributed by atoms with Crippen LogP contribution in [-0.4, -0.2) is 33.9 Å². The summed E-state index contributed by atoms with van der Waals surface area (Å²) in [5, 5.41) is 4.30. The van der Waals surface area contributed by atoms with Crippen molar-refractivity contribution in [1.82, 2.24) is 14.9 Å². The van der Waals surface area contributed by atoms with Crippen LogP contribution in [0.1, 0.15) is 48.1 Å². The van der Waals surface area contributed by atoms with Crippen molar-refractivity contribution in [3.63, 3.8) is 0 Å². The summed E-state index contributed by atoms with van der Waals surface area (Å²) < 4.78 is 4.89. The lowest BCUT2D eigenvalue weighted by molar-refractivity contribution is 0.102. The first-order chi connectivity index (χ1) is 15.0. The maximum Gasteiger partial charge on any atom is 0.292 e. The van der Waals surface area contributed by atoms with Crippen molar-refractivity contribution < 1.29 is 9.21 Å². The maximum atomic E-state index is 12.4. The van der Waals surface area contributed by atoms with E-state index in [2.05, 4.69) is 27.1 Å². The number of piperidine rings is 1. The van der Waals surface area contributed by atoms with E-state index in [1.54, 1.807) is 17.4 Å². The highest BCUT2D eigenvalue weighted by Gasteiger charge is 2.20. The molecule has 1 aliphatic rings. The number of nitrogens with two attached hydrogens (primary N) is 1. The lowest BCUT2D eigenvalue weighted by atomic mass is 9.92. The first kappa shape index (κ1) is 21.8. The lowest BCUT2D eigenvalue weighted by Crippen LogP contribution is -2.33. The van der Waals surface area contributed by atoms with Gasteiger partial charge >= 0.3 is 0 Å². The van der Waals surface area contributed by atoms with Gasteiger partial charge in [-0.25, -0.2) is 4.98 Å². The average Bonchev–Trinajstić information content (AvgIpc) is 3.40. The number of likely N-dealkylation sites (tertiary alicyclic amines) is 1. The quantitative estimate of drug-likeness (QED) is 0.497. The predicted octanol–water partition coefficient (Wildman–Crippen LogP) is 5.30. The third kappa shape index (κ3) is 5.44. The van der Waals surface area contributed by atoms with Crippen LogP contribution in [0.2, 0.25) is 5.02 Å². The standard InChI is InChI=1S/C22H26ClN5O2S/c1-2-3-14-6-8-28(9-7-14)12-20-25-11-19(31-20)15-4-5-16(23)17(10-15)26-21(29)18-13-30-22(24)27-18/h4-5,10-11,13-14H,2-3,6-9,12H2,1H3,(H2,24,27)(H,26,29). The summed E-state index contributed by atoms with van der Waals surface area (Å²) in [6, 6.07) is 5.48. The molecule has 2 aromatic heterocycles. The molecule has 0 unspecified atom stereocenters. The monoisotopic (exact) mass is 459 g/mol. The molecule has 0 aliphatic carbocycles. The molecule has 7 nitrogen and oxygen atoms in total. The number of oxazole rings is 1. The molecule has 4 rings (SSSR count). The van der Waals surface area contributed by atoms with Crippen molar-refractivity contribution in [1.29, 1.82) is 0 Å². The fraction of sp³-hybridized carbons (Fsp3) is 0.409. The highest BCUT2D eigenvalue weighted by atomic mass is 35.5. The zero-order valence-electron chi connectivity index (χ0n) is 17.4. The Morgan fingerprint density at radius 3 is 2.90 bits per heavy atom. The number of amides is 1. The van der Waals surface area contributed by atoms with Crippen LogP contribution < -0.4 is 11.1 Å². The maximum absolute atomic E-state index is 12.4. The molecule has 0 bridgehead atoms. The molecule has 1 fully saturated rings. The predicted molar refractivity (Wildman–Crippen MR) is 124 cm³/mol. The van der Waals surface area contributed by atoms with E-state index in [-0.39, 0.29) is 11.7 Å². The van der Waals surface area contributed by atoms with E-state index in [0.29, 0.717) is 10.7 Å². The van der Waals surface area contributed by atoms with Gasteiger partial charge in [0.2, 0.25) is 0 Å². The molecule has 9 heteroatoms. The van der Waals surface area contributed by atoms with E-state index in [1.807, 2.05) is 18.3 Å². The molecule has 1 amide bonds. The van der Waals surface area contributed by atoms with E-state index in [1.165, 1.54) is 31.9 Å². The molecule has 1 saturated heterocycles. The number of hydrogen-bond donors (Lipinski definition) is 2. The van der Waals surface area contributed by atoms with Gasteiger partial charge in [0.05, 0.1) is 22.1 Å². The van der Waals surface area contributed by atoms with E-state index in [0.717, 1.165) is 41.0 Å². The van der Waals surface area contributed by atoms with Crippen LogP contribution >= 0.6 is 22.9 Å². The second-order valence-corrected chi connectivity index (χ2v) is 9.37. The molecule has 1 aromatic carbocycles. The van der Waals surface area contributed by atoms with Crippen LogP contribution in [0.5, 0.6) is 0 Å². The summed E-state index contributed by atoms with van der Waals surface area (Å²) in [4.78, 5) is 24.3. The van der Waals surface area contributed by atoms with Crippen molar-refractivity contribution >= 4 is 40.5 Å². The number of hydrogen-bond acceptors (Lipinski definition) is 7. The molecule has 0 spiro atoms. The number of nitrogen functional groups attached to an aromatic ring is 1. The smallest absolute Gasteiger partial charge is 0.292 e. The molecule has 3 aromatic rings. The summed E-state index contributed by atoms with van der Waals surface area (Å²) in [5.74, 6) is 0.445. The van der Waals surface area contributed by atoms with Gasteiger partial charge in [0.15, 0.2) is 5.69 Å². The zero-order valence-corrected chi connectivity index (χ0v) is 19.0. The largest absolute Gasteiger partial charge is 0.431 e. The Labute approximate surface area is 190 Å². The minimum atomic E-state index is -0.434. The molecule has 31 heavy (non-hydrogen) atoms. The van der Waals surface area contributed by atoms with Crippen LogP contribution in [0.25, 0.3) is 10.4 Å². The Bertz CT molecular complexity index is 1040. The number of benzene rings is 1. The molecular formula is C22H26ClN5O2S. The van der Waals surface area contributed by atoms with Gasteiger partial charge in [-0.05, 0) is 49.5 Å². The van der Waals surface area contributed by atoms with Gasteiger partial charge in [0.25, 0.3) is 11.9 Å². The van der Waals surface area contributed by atoms with Gasteiger partial charge in [0, 0.05) is 6.20 Å². The van der Waals surface area contributed by atoms with Crippen molar-refractivity contribution in [2.45, 2.75) is 39.2 Å². The fourth-order valence-corrected chi connectivity index (χ4v) is 5.02. The fourth-order valence-electron chi connectivity index (χ4n) is 3.90. The Kier molecular flexibility index (Phi) is 6.89. The first-order valence-electron chi connectivity index (χ1n) is 10.5. The second kappa shape index (κ2) is 9.80. The van der Waals surface area contributed by atoms with Gasteiger partial charge in [-0.3, -0.25) is 9.69 Å². The molecule has 3 N–H and O–H groups in total. The van der Waals surface area contributed by atoms with Crippen molar-refractivity contribution in [3.8, 4) is 10.4 Å². The molecule has 0 saturated carbocycles. The normalized spacial score (nSPS) is 15.3. The summed E-state index contributed by atoms with van der Waals surface area (Å²) in [6.07, 6.45) is 8.28. The highest BCUT2D eigenvalue weighted by molar-refractivity contribution is 7.15. The Hall–Kier alpha value is -2.42. The number of nitrogens with one attached hydrogen (secondary N) is 1. The minimum Gasteiger partial charge on any atom is -0.431 e. The van der Waals surface area contributed by atoms with E-state index < -0.39 is 5.91 Å². The number of anilines is 2. The zero-order chi connectivity index (χ0) is 21.8. The number of halogens is 1. The summed E-state index contributed by atoms with van der Waals surface area (Å²) in [5.41, 5.74) is 6.98. The van der Waals surface area contributed by atoms with Crippen LogP contribution in [0, 0.1) is 5.92 Å². The van der Waals surface area contributed by atoms with Crippen molar-refractivity contribution in [2.75, 3.05) is 24.1 Å². The van der Waals surface area contributed by atoms with E-state index in [9.17, 15) is 4.79 Å². The number of thiazole rings is 1. The average molecular weight is 460 g/mol. The van der Waals surface area contributed by atoms with Gasteiger partial charge < -0.3 is 15.5 Å². The molecule has 0 atom stereocenters. The molecule has 3 heterocycles. The van der Waals surface area contributed by atoms with Crippen molar-refractivity contribution in [2.24, 2.45) is 5.92 Å². The van der Waals surface area contributed by atoms with Crippen LogP contribution in [-0.2, 0) is 6.54 Å². The molecule has 0 radical (unpaired) electrons. The number of nitrogens with zero attached hydrogens (tertiary/aromatic N) is 3. The first-order valence-corrected chi connectivity index (χ1v) is 11.7. The minimum absolute atomic E-state index is 0.0585. The molecule has 1 aliphatic heterocycles. The summed E-state index contributed by atoms with van der Waals surface area (Å²) >= 11 is 7.96. The number of carbonyl (C=O) groups excluding carboxylic acids is 1.